The van der Waals surface area contributed by atoms with Crippen molar-refractivity contribution in [2.75, 3.05) is 46.9 Å². The van der Waals surface area contributed by atoms with E-state index < -0.39 is 0 Å². The van der Waals surface area contributed by atoms with Crippen LogP contribution in [0.15, 0.2) is 4.99 Å². The maximum absolute atomic E-state index is 11.6. The number of hydrogen-bond donors (Lipinski definition) is 3. The summed E-state index contributed by atoms with van der Waals surface area (Å²) >= 11 is 0. The van der Waals surface area contributed by atoms with Crippen molar-refractivity contribution in [1.82, 2.24) is 20.9 Å². The highest BCUT2D eigenvalue weighted by atomic mass is 16.5. The molecule has 136 valence electrons. The van der Waals surface area contributed by atoms with Crippen molar-refractivity contribution >= 4 is 11.9 Å². The molecule has 0 heterocycles. The molecule has 0 fully saturated rings. The van der Waals surface area contributed by atoms with Crippen molar-refractivity contribution in [3.05, 3.63) is 0 Å². The molecule has 23 heavy (non-hydrogen) atoms. The van der Waals surface area contributed by atoms with Crippen LogP contribution in [-0.2, 0) is 9.53 Å². The van der Waals surface area contributed by atoms with Crippen molar-refractivity contribution in [2.45, 2.75) is 46.2 Å². The predicted octanol–water partition coefficient (Wildman–Crippen LogP) is 0.423. The topological polar surface area (TPSA) is 78.0 Å². The Morgan fingerprint density at radius 2 is 1.74 bits per heavy atom. The molecule has 0 aliphatic carbocycles. The molecule has 0 bridgehead atoms. The summed E-state index contributed by atoms with van der Waals surface area (Å²) in [6, 6.07) is 1.09. The number of hydrogen-bond acceptors (Lipinski definition) is 4. The molecule has 0 saturated heterocycles. The van der Waals surface area contributed by atoms with Crippen LogP contribution in [0, 0.1) is 0 Å². The Hall–Kier alpha value is -1.34. The molecule has 0 aliphatic heterocycles. The number of carbonyl (C=O) groups excluding carboxylic acids is 1. The summed E-state index contributed by atoms with van der Waals surface area (Å²) in [5.41, 5.74) is 0. The minimum atomic E-state index is -0.0733. The number of rotatable bonds is 11. The molecule has 0 rings (SSSR count). The Kier molecular flexibility index (Phi) is 12.4. The molecular formula is C16H35N5O2. The van der Waals surface area contributed by atoms with Crippen LogP contribution in [0.2, 0.25) is 0 Å². The second kappa shape index (κ2) is 13.1. The third-order valence-corrected chi connectivity index (χ3v) is 3.48. The SMILES string of the molecule is CN=C(NCCCN(C(C)C)C(C)C)NCC(=O)NCCOC. The highest BCUT2D eigenvalue weighted by molar-refractivity contribution is 5.86. The minimum absolute atomic E-state index is 0.0733. The quantitative estimate of drug-likeness (QED) is 0.291. The third-order valence-electron chi connectivity index (χ3n) is 3.48. The van der Waals surface area contributed by atoms with E-state index in [1.54, 1.807) is 14.2 Å². The van der Waals surface area contributed by atoms with Gasteiger partial charge in [0, 0.05) is 45.9 Å². The minimum Gasteiger partial charge on any atom is -0.383 e. The number of aliphatic imine (C=N–C) groups is 1. The van der Waals surface area contributed by atoms with Crippen molar-refractivity contribution < 1.29 is 9.53 Å². The number of nitrogens with zero attached hydrogens (tertiary/aromatic N) is 2. The lowest BCUT2D eigenvalue weighted by Crippen LogP contribution is -2.44. The summed E-state index contributed by atoms with van der Waals surface area (Å²) in [6.45, 7) is 12.0. The second-order valence-electron chi connectivity index (χ2n) is 5.97. The molecule has 0 saturated carbocycles. The smallest absolute Gasteiger partial charge is 0.239 e. The number of carbonyl (C=O) groups is 1. The number of nitrogens with one attached hydrogen (secondary N) is 3. The van der Waals surface area contributed by atoms with E-state index in [1.165, 1.54) is 0 Å². The first-order chi connectivity index (χ1) is 10.9. The van der Waals surface area contributed by atoms with Gasteiger partial charge in [0.1, 0.15) is 0 Å². The number of methoxy groups -OCH3 is 1. The summed E-state index contributed by atoms with van der Waals surface area (Å²) in [6.07, 6.45) is 1.02. The molecule has 0 aromatic rings. The van der Waals surface area contributed by atoms with E-state index in [-0.39, 0.29) is 12.5 Å². The highest BCUT2D eigenvalue weighted by Gasteiger charge is 2.12. The molecular weight excluding hydrogens is 294 g/mol. The molecule has 1 amide bonds. The number of ether oxygens (including phenoxy) is 1. The van der Waals surface area contributed by atoms with E-state index in [2.05, 4.69) is 53.5 Å². The van der Waals surface area contributed by atoms with Gasteiger partial charge in [0.05, 0.1) is 13.2 Å². The molecule has 0 aromatic heterocycles. The predicted molar refractivity (Wildman–Crippen MR) is 95.8 cm³/mol. The van der Waals surface area contributed by atoms with Crippen molar-refractivity contribution in [3.63, 3.8) is 0 Å². The molecule has 0 spiro atoms. The molecule has 7 heteroatoms. The zero-order chi connectivity index (χ0) is 17.7. The first-order valence-corrected chi connectivity index (χ1v) is 8.38. The standard InChI is InChI=1S/C16H35N5O2/c1-13(2)21(14(3)4)10-7-8-19-16(17-5)20-12-15(22)18-9-11-23-6/h13-14H,7-12H2,1-6H3,(H,18,22)(H2,17,19,20). The fraction of sp³-hybridized carbons (Fsp3) is 0.875. The summed E-state index contributed by atoms with van der Waals surface area (Å²) < 4.78 is 4.88. The lowest BCUT2D eigenvalue weighted by molar-refractivity contribution is -0.120. The van der Waals surface area contributed by atoms with Crippen LogP contribution in [-0.4, -0.2) is 75.8 Å². The lowest BCUT2D eigenvalue weighted by Gasteiger charge is -2.30. The summed E-state index contributed by atoms with van der Waals surface area (Å²) in [7, 11) is 3.31. The van der Waals surface area contributed by atoms with Crippen LogP contribution in [0.3, 0.4) is 0 Å². The molecule has 7 nitrogen and oxygen atoms in total. The summed E-state index contributed by atoms with van der Waals surface area (Å²) in [5, 5.41) is 8.99. The molecule has 3 N–H and O–H groups in total. The Morgan fingerprint density at radius 1 is 1.09 bits per heavy atom. The lowest BCUT2D eigenvalue weighted by atomic mass is 10.2. The Balaban J connectivity index is 3.92. The van der Waals surface area contributed by atoms with E-state index >= 15 is 0 Å². The highest BCUT2D eigenvalue weighted by Crippen LogP contribution is 2.05. The second-order valence-corrected chi connectivity index (χ2v) is 5.97. The van der Waals surface area contributed by atoms with Gasteiger partial charge in [-0.3, -0.25) is 14.7 Å². The van der Waals surface area contributed by atoms with Crippen LogP contribution >= 0.6 is 0 Å². The van der Waals surface area contributed by atoms with Crippen LogP contribution in [0.25, 0.3) is 0 Å². The molecule has 0 aliphatic rings. The van der Waals surface area contributed by atoms with Crippen LogP contribution in [0.1, 0.15) is 34.1 Å². The van der Waals surface area contributed by atoms with Gasteiger partial charge >= 0.3 is 0 Å². The Bertz CT molecular complexity index is 337. The largest absolute Gasteiger partial charge is 0.383 e. The maximum Gasteiger partial charge on any atom is 0.239 e. The van der Waals surface area contributed by atoms with E-state index in [1.807, 2.05) is 0 Å². The van der Waals surface area contributed by atoms with Crippen molar-refractivity contribution in [3.8, 4) is 0 Å². The summed E-state index contributed by atoms with van der Waals surface area (Å²) in [4.78, 5) is 18.2. The van der Waals surface area contributed by atoms with Gasteiger partial charge in [-0.15, -0.1) is 0 Å². The van der Waals surface area contributed by atoms with Crippen molar-refractivity contribution in [2.24, 2.45) is 4.99 Å². The van der Waals surface area contributed by atoms with Gasteiger partial charge < -0.3 is 20.7 Å². The number of amides is 1. The van der Waals surface area contributed by atoms with Gasteiger partial charge in [-0.1, -0.05) is 0 Å². The van der Waals surface area contributed by atoms with Gasteiger partial charge in [0.25, 0.3) is 0 Å². The third kappa shape index (κ3) is 10.9. The average molecular weight is 329 g/mol. The molecule has 0 unspecified atom stereocenters. The van der Waals surface area contributed by atoms with Crippen LogP contribution in [0.5, 0.6) is 0 Å². The van der Waals surface area contributed by atoms with E-state index in [9.17, 15) is 4.79 Å². The Labute approximate surface area is 141 Å². The number of guanidine groups is 1. The molecule has 0 aromatic carbocycles. The zero-order valence-electron chi connectivity index (χ0n) is 15.6. The zero-order valence-corrected chi connectivity index (χ0v) is 15.6. The fourth-order valence-electron chi connectivity index (χ4n) is 2.32. The van der Waals surface area contributed by atoms with Gasteiger partial charge in [-0.05, 0) is 34.1 Å². The monoisotopic (exact) mass is 329 g/mol. The maximum atomic E-state index is 11.6. The Morgan fingerprint density at radius 3 is 2.26 bits per heavy atom. The van der Waals surface area contributed by atoms with Gasteiger partial charge in [0.15, 0.2) is 5.96 Å². The summed E-state index contributed by atoms with van der Waals surface area (Å²) in [5.74, 6) is 0.573. The van der Waals surface area contributed by atoms with Gasteiger partial charge in [-0.2, -0.15) is 0 Å². The van der Waals surface area contributed by atoms with Gasteiger partial charge in [0.2, 0.25) is 5.91 Å². The normalized spacial score (nSPS) is 12.1. The first-order valence-electron chi connectivity index (χ1n) is 8.38. The van der Waals surface area contributed by atoms with Crippen molar-refractivity contribution in [1.29, 1.82) is 0 Å². The van der Waals surface area contributed by atoms with E-state index in [0.29, 0.717) is 31.2 Å². The molecule has 0 radical (unpaired) electrons. The van der Waals surface area contributed by atoms with E-state index in [4.69, 9.17) is 4.74 Å². The first kappa shape index (κ1) is 21.7. The van der Waals surface area contributed by atoms with Crippen LogP contribution in [0.4, 0.5) is 0 Å². The molecule has 0 atom stereocenters. The van der Waals surface area contributed by atoms with Crippen LogP contribution < -0.4 is 16.0 Å². The van der Waals surface area contributed by atoms with Gasteiger partial charge in [-0.25, -0.2) is 0 Å². The average Bonchev–Trinajstić information content (AvgIpc) is 2.49. The van der Waals surface area contributed by atoms with E-state index in [0.717, 1.165) is 19.5 Å². The fourth-order valence-corrected chi connectivity index (χ4v) is 2.32.